The lowest BCUT2D eigenvalue weighted by molar-refractivity contribution is 1.38. The molecule has 2 heteroatoms. The third-order valence-electron chi connectivity index (χ3n) is 6.20. The Labute approximate surface area is 205 Å². The first-order valence-electron chi connectivity index (χ1n) is 11.6. The predicted octanol–water partition coefficient (Wildman–Crippen LogP) is 5.82. The topological polar surface area (TPSA) is 0 Å². The van der Waals surface area contributed by atoms with Crippen LogP contribution in [0.15, 0.2) is 133 Å². The minimum Gasteiger partial charge on any atom is -0.0622 e. The van der Waals surface area contributed by atoms with Crippen LogP contribution in [0, 0.1) is 13.8 Å². The Kier molecular flexibility index (Phi) is 7.01. The molecule has 0 unspecified atom stereocenters. The molecule has 0 spiro atoms. The standard InChI is InChI=1S/C32H28P2/c1-25-23-24-31(33(27-15-7-3-8-16-27)28-17-9-4-10-18-28)32(26(25)2)34(29-19-11-5-12-20-29)30-21-13-6-14-22-30/h3-24H,1-2H3. The Morgan fingerprint density at radius 2 is 0.735 bits per heavy atom. The highest BCUT2D eigenvalue weighted by molar-refractivity contribution is 7.85. The maximum absolute atomic E-state index is 2.41. The zero-order valence-corrected chi connectivity index (χ0v) is 21.4. The quantitative estimate of drug-likeness (QED) is 0.272. The van der Waals surface area contributed by atoms with Crippen molar-refractivity contribution in [3.8, 4) is 0 Å². The molecule has 34 heavy (non-hydrogen) atoms. The molecular formula is C32H28P2. The summed E-state index contributed by atoms with van der Waals surface area (Å²) in [6.45, 7) is 4.57. The van der Waals surface area contributed by atoms with E-state index >= 15 is 0 Å². The highest BCUT2D eigenvalue weighted by Crippen LogP contribution is 2.40. The second-order valence-electron chi connectivity index (χ2n) is 8.39. The van der Waals surface area contributed by atoms with Crippen LogP contribution in [-0.4, -0.2) is 0 Å². The Hall–Kier alpha value is -3.04. The molecule has 0 saturated carbocycles. The van der Waals surface area contributed by atoms with Crippen LogP contribution < -0.4 is 31.8 Å². The van der Waals surface area contributed by atoms with Gasteiger partial charge in [-0.15, -0.1) is 0 Å². The van der Waals surface area contributed by atoms with Crippen LogP contribution in [0.5, 0.6) is 0 Å². The summed E-state index contributed by atoms with van der Waals surface area (Å²) >= 11 is 0. The van der Waals surface area contributed by atoms with Gasteiger partial charge < -0.3 is 0 Å². The van der Waals surface area contributed by atoms with Crippen LogP contribution >= 0.6 is 15.8 Å². The molecule has 0 aliphatic carbocycles. The van der Waals surface area contributed by atoms with Gasteiger partial charge in [-0.2, -0.15) is 0 Å². The van der Waals surface area contributed by atoms with Gasteiger partial charge in [0.1, 0.15) is 0 Å². The Morgan fingerprint density at radius 1 is 0.382 bits per heavy atom. The van der Waals surface area contributed by atoms with E-state index in [0.717, 1.165) is 0 Å². The lowest BCUT2D eigenvalue weighted by Crippen LogP contribution is -2.36. The van der Waals surface area contributed by atoms with Gasteiger partial charge in [0.25, 0.3) is 0 Å². The fourth-order valence-electron chi connectivity index (χ4n) is 4.39. The molecule has 0 atom stereocenters. The van der Waals surface area contributed by atoms with Gasteiger partial charge in [-0.3, -0.25) is 0 Å². The normalized spacial score (nSPS) is 11.2. The third-order valence-corrected chi connectivity index (χ3v) is 11.5. The van der Waals surface area contributed by atoms with Gasteiger partial charge in [0, 0.05) is 0 Å². The average molecular weight is 475 g/mol. The molecule has 0 saturated heterocycles. The van der Waals surface area contributed by atoms with E-state index in [0.29, 0.717) is 0 Å². The van der Waals surface area contributed by atoms with Crippen molar-refractivity contribution in [1.82, 2.24) is 0 Å². The van der Waals surface area contributed by atoms with E-state index in [-0.39, 0.29) is 0 Å². The molecule has 0 aromatic heterocycles. The maximum Gasteiger partial charge on any atom is -0.00356 e. The Bertz CT molecular complexity index is 1270. The van der Waals surface area contributed by atoms with Crippen LogP contribution in [0.3, 0.4) is 0 Å². The minimum atomic E-state index is -0.701. The maximum atomic E-state index is 2.41. The molecule has 0 N–H and O–H groups in total. The first-order valence-corrected chi connectivity index (χ1v) is 14.3. The second-order valence-corrected chi connectivity index (χ2v) is 12.7. The summed E-state index contributed by atoms with van der Waals surface area (Å²) in [7, 11) is -1.39. The van der Waals surface area contributed by atoms with Crippen molar-refractivity contribution in [2.45, 2.75) is 13.8 Å². The molecule has 0 radical (unpaired) electrons. The number of rotatable bonds is 6. The fourth-order valence-corrected chi connectivity index (χ4v) is 9.96. The molecule has 166 valence electrons. The van der Waals surface area contributed by atoms with Crippen molar-refractivity contribution in [1.29, 1.82) is 0 Å². The average Bonchev–Trinajstić information content (AvgIpc) is 2.90. The van der Waals surface area contributed by atoms with Crippen molar-refractivity contribution in [3.63, 3.8) is 0 Å². The van der Waals surface area contributed by atoms with Gasteiger partial charge in [0.2, 0.25) is 0 Å². The molecule has 0 nitrogen and oxygen atoms in total. The van der Waals surface area contributed by atoms with Crippen molar-refractivity contribution in [2.75, 3.05) is 0 Å². The predicted molar refractivity (Wildman–Crippen MR) is 153 cm³/mol. The fraction of sp³-hybridized carbons (Fsp3) is 0.0625. The summed E-state index contributed by atoms with van der Waals surface area (Å²) in [6.07, 6.45) is 0. The first-order chi connectivity index (χ1) is 16.7. The van der Waals surface area contributed by atoms with Gasteiger partial charge in [-0.1, -0.05) is 133 Å². The molecule has 0 heterocycles. The lowest BCUT2D eigenvalue weighted by Gasteiger charge is -2.29. The van der Waals surface area contributed by atoms with Gasteiger partial charge in [-0.25, -0.2) is 0 Å². The smallest absolute Gasteiger partial charge is 0.00356 e. The summed E-state index contributed by atoms with van der Waals surface area (Å²) in [5.41, 5.74) is 2.77. The van der Waals surface area contributed by atoms with Gasteiger partial charge in [0.05, 0.1) is 0 Å². The molecular weight excluding hydrogens is 446 g/mol. The molecule has 0 amide bonds. The Balaban J connectivity index is 1.82. The molecule has 0 bridgehead atoms. The summed E-state index contributed by atoms with van der Waals surface area (Å²) in [4.78, 5) is 0. The summed E-state index contributed by atoms with van der Waals surface area (Å²) in [5, 5.41) is 8.55. The van der Waals surface area contributed by atoms with Gasteiger partial charge in [0.15, 0.2) is 0 Å². The molecule has 5 aromatic rings. The van der Waals surface area contributed by atoms with Crippen LogP contribution in [0.25, 0.3) is 0 Å². The lowest BCUT2D eigenvalue weighted by atomic mass is 10.1. The van der Waals surface area contributed by atoms with Crippen LogP contribution in [0.1, 0.15) is 11.1 Å². The highest BCUT2D eigenvalue weighted by Gasteiger charge is 2.27. The summed E-state index contributed by atoms with van der Waals surface area (Å²) in [5.74, 6) is 0. The van der Waals surface area contributed by atoms with Crippen LogP contribution in [0.2, 0.25) is 0 Å². The molecule has 0 fully saturated rings. The number of aryl methyl sites for hydroxylation is 1. The molecule has 5 aromatic carbocycles. The van der Waals surface area contributed by atoms with Crippen molar-refractivity contribution in [3.05, 3.63) is 145 Å². The zero-order valence-electron chi connectivity index (χ0n) is 19.6. The Morgan fingerprint density at radius 3 is 1.12 bits per heavy atom. The SMILES string of the molecule is Cc1ccc(P(c2ccccc2)c2ccccc2)c(P(c2ccccc2)c2ccccc2)c1C. The van der Waals surface area contributed by atoms with E-state index in [1.807, 2.05) is 0 Å². The number of benzene rings is 5. The van der Waals surface area contributed by atoms with E-state index in [1.54, 1.807) is 0 Å². The number of hydrogen-bond acceptors (Lipinski definition) is 0. The second kappa shape index (κ2) is 10.5. The monoisotopic (exact) mass is 474 g/mol. The van der Waals surface area contributed by atoms with Gasteiger partial charge >= 0.3 is 0 Å². The largest absolute Gasteiger partial charge is 0.0622 e. The third kappa shape index (κ3) is 4.63. The first kappa shape index (κ1) is 22.7. The molecule has 5 rings (SSSR count). The molecule has 0 aliphatic heterocycles. The zero-order chi connectivity index (χ0) is 23.3. The van der Waals surface area contributed by atoms with E-state index < -0.39 is 15.8 Å². The van der Waals surface area contributed by atoms with E-state index in [1.165, 1.54) is 43.0 Å². The van der Waals surface area contributed by atoms with Crippen molar-refractivity contribution in [2.24, 2.45) is 0 Å². The molecule has 0 aliphatic rings. The van der Waals surface area contributed by atoms with E-state index in [4.69, 9.17) is 0 Å². The van der Waals surface area contributed by atoms with Crippen LogP contribution in [-0.2, 0) is 0 Å². The number of hydrogen-bond donors (Lipinski definition) is 0. The van der Waals surface area contributed by atoms with Crippen molar-refractivity contribution >= 4 is 47.7 Å². The highest BCUT2D eigenvalue weighted by atomic mass is 31.1. The van der Waals surface area contributed by atoms with Crippen LogP contribution in [0.4, 0.5) is 0 Å². The van der Waals surface area contributed by atoms with E-state index in [2.05, 4.69) is 147 Å². The van der Waals surface area contributed by atoms with Crippen molar-refractivity contribution < 1.29 is 0 Å². The van der Waals surface area contributed by atoms with E-state index in [9.17, 15) is 0 Å². The minimum absolute atomic E-state index is 0.692. The summed E-state index contributed by atoms with van der Waals surface area (Å²) < 4.78 is 0. The van der Waals surface area contributed by atoms with Gasteiger partial charge in [-0.05, 0) is 72.6 Å². The summed E-state index contributed by atoms with van der Waals surface area (Å²) in [6, 6.07) is 49.0.